The molecule has 2 aliphatic rings. The van der Waals surface area contributed by atoms with Crippen molar-refractivity contribution in [2.45, 2.75) is 51.6 Å². The van der Waals surface area contributed by atoms with E-state index in [1.165, 1.54) is 44.3 Å². The number of nitrogens with zero attached hydrogens (tertiary/aromatic N) is 1. The number of hydrogen-bond donors (Lipinski definition) is 1. The lowest BCUT2D eigenvalue weighted by atomic mass is 10.00. The molecular formula is C19H29NO. The Hall–Kier alpha value is -0.860. The lowest BCUT2D eigenvalue weighted by Crippen LogP contribution is -2.32. The van der Waals surface area contributed by atoms with Gasteiger partial charge in [-0.2, -0.15) is 0 Å². The molecule has 1 aromatic rings. The van der Waals surface area contributed by atoms with Gasteiger partial charge in [0.15, 0.2) is 0 Å². The molecule has 2 aliphatic carbocycles. The van der Waals surface area contributed by atoms with Gasteiger partial charge in [-0.3, -0.25) is 4.90 Å². The molecular weight excluding hydrogens is 258 g/mol. The molecule has 0 bridgehead atoms. The van der Waals surface area contributed by atoms with E-state index in [9.17, 15) is 5.11 Å². The highest BCUT2D eigenvalue weighted by Gasteiger charge is 2.30. The molecule has 2 saturated carbocycles. The predicted molar refractivity (Wildman–Crippen MR) is 87.4 cm³/mol. The van der Waals surface area contributed by atoms with Gasteiger partial charge < -0.3 is 5.11 Å². The molecule has 1 aromatic carbocycles. The molecule has 0 radical (unpaired) electrons. The van der Waals surface area contributed by atoms with Gasteiger partial charge in [0, 0.05) is 19.6 Å². The van der Waals surface area contributed by atoms with Crippen LogP contribution in [0.1, 0.15) is 62.7 Å². The number of benzene rings is 1. The van der Waals surface area contributed by atoms with Crippen molar-refractivity contribution in [2.24, 2.45) is 11.8 Å². The summed E-state index contributed by atoms with van der Waals surface area (Å²) < 4.78 is 0. The molecule has 0 aliphatic heterocycles. The fourth-order valence-electron chi connectivity index (χ4n) is 3.01. The molecule has 21 heavy (non-hydrogen) atoms. The molecule has 1 atom stereocenters. The molecule has 0 spiro atoms. The topological polar surface area (TPSA) is 23.5 Å². The Kier molecular flexibility index (Phi) is 4.66. The summed E-state index contributed by atoms with van der Waals surface area (Å²) in [5.41, 5.74) is 2.41. The minimum Gasteiger partial charge on any atom is -0.387 e. The van der Waals surface area contributed by atoms with Crippen molar-refractivity contribution in [3.05, 3.63) is 35.4 Å². The molecule has 0 aromatic heterocycles. The van der Waals surface area contributed by atoms with E-state index >= 15 is 0 Å². The fourth-order valence-corrected chi connectivity index (χ4v) is 3.01. The summed E-state index contributed by atoms with van der Waals surface area (Å²) in [5, 5.41) is 10.5. The van der Waals surface area contributed by atoms with Crippen LogP contribution in [0.25, 0.3) is 0 Å². The van der Waals surface area contributed by atoms with E-state index in [1.54, 1.807) is 0 Å². The van der Waals surface area contributed by atoms with Gasteiger partial charge in [-0.05, 0) is 54.6 Å². The monoisotopic (exact) mass is 287 g/mol. The minimum absolute atomic E-state index is 0.344. The lowest BCUT2D eigenvalue weighted by molar-refractivity contribution is 0.107. The zero-order valence-electron chi connectivity index (χ0n) is 13.5. The van der Waals surface area contributed by atoms with E-state index in [1.807, 2.05) is 0 Å². The molecule has 2 fully saturated rings. The van der Waals surface area contributed by atoms with Crippen LogP contribution in [0.3, 0.4) is 0 Å². The first-order valence-corrected chi connectivity index (χ1v) is 8.62. The Morgan fingerprint density at radius 2 is 1.43 bits per heavy atom. The van der Waals surface area contributed by atoms with Crippen molar-refractivity contribution < 1.29 is 5.11 Å². The number of aliphatic hydroxyl groups is 1. The Morgan fingerprint density at radius 3 is 1.86 bits per heavy atom. The Labute approximate surface area is 129 Å². The van der Waals surface area contributed by atoms with E-state index in [4.69, 9.17) is 0 Å². The van der Waals surface area contributed by atoms with Gasteiger partial charge in [-0.15, -0.1) is 0 Å². The smallest absolute Gasteiger partial charge is 0.0916 e. The number of hydrogen-bond acceptors (Lipinski definition) is 2. The first kappa shape index (κ1) is 15.1. The number of aliphatic hydroxyl groups excluding tert-OH is 1. The molecule has 0 saturated heterocycles. The molecule has 1 N–H and O–H groups in total. The van der Waals surface area contributed by atoms with Crippen LogP contribution in [0.2, 0.25) is 0 Å². The van der Waals surface area contributed by atoms with Crippen molar-refractivity contribution in [3.63, 3.8) is 0 Å². The van der Waals surface area contributed by atoms with Crippen LogP contribution < -0.4 is 0 Å². The second kappa shape index (κ2) is 6.50. The summed E-state index contributed by atoms with van der Waals surface area (Å²) >= 11 is 0. The normalized spacial score (nSPS) is 20.2. The molecule has 2 heteroatoms. The van der Waals surface area contributed by atoms with Crippen molar-refractivity contribution >= 4 is 0 Å². The molecule has 0 amide bonds. The van der Waals surface area contributed by atoms with E-state index in [-0.39, 0.29) is 6.10 Å². The van der Waals surface area contributed by atoms with E-state index in [2.05, 4.69) is 43.0 Å². The zero-order valence-corrected chi connectivity index (χ0v) is 13.5. The van der Waals surface area contributed by atoms with Crippen LogP contribution in [-0.2, 0) is 0 Å². The third-order valence-electron chi connectivity index (χ3n) is 4.85. The fraction of sp³-hybridized carbons (Fsp3) is 0.684. The van der Waals surface area contributed by atoms with E-state index in [0.29, 0.717) is 5.92 Å². The summed E-state index contributed by atoms with van der Waals surface area (Å²) in [6, 6.07) is 8.53. The molecule has 2 nitrogen and oxygen atoms in total. The average molecular weight is 287 g/mol. The predicted octanol–water partition coefficient (Wildman–Crippen LogP) is 3.97. The van der Waals surface area contributed by atoms with Crippen molar-refractivity contribution in [1.82, 2.24) is 4.90 Å². The van der Waals surface area contributed by atoms with Crippen LogP contribution in [0, 0.1) is 11.8 Å². The highest BCUT2D eigenvalue weighted by Crippen LogP contribution is 2.34. The highest BCUT2D eigenvalue weighted by atomic mass is 16.3. The summed E-state index contributed by atoms with van der Waals surface area (Å²) in [6.45, 7) is 7.60. The first-order chi connectivity index (χ1) is 10.1. The van der Waals surface area contributed by atoms with Gasteiger partial charge in [-0.1, -0.05) is 38.1 Å². The first-order valence-electron chi connectivity index (χ1n) is 8.62. The third-order valence-corrected chi connectivity index (χ3v) is 4.85. The number of rotatable bonds is 8. The third kappa shape index (κ3) is 4.55. The van der Waals surface area contributed by atoms with E-state index in [0.717, 1.165) is 23.9 Å². The van der Waals surface area contributed by atoms with Gasteiger partial charge >= 0.3 is 0 Å². The van der Waals surface area contributed by atoms with Gasteiger partial charge in [0.2, 0.25) is 0 Å². The summed E-state index contributed by atoms with van der Waals surface area (Å²) in [4.78, 5) is 2.51. The van der Waals surface area contributed by atoms with Crippen molar-refractivity contribution in [2.75, 3.05) is 19.6 Å². The standard InChI is InChI=1S/C19H29NO/c1-14(2)17-7-9-18(10-8-17)19(21)13-20(11-15-3-4-15)12-16-5-6-16/h7-10,14-16,19,21H,3-6,11-13H2,1-2H3. The molecule has 1 unspecified atom stereocenters. The average Bonchev–Trinajstić information content (AvgIpc) is 3.35. The zero-order chi connectivity index (χ0) is 14.8. The maximum absolute atomic E-state index is 10.5. The quantitative estimate of drug-likeness (QED) is 0.782. The van der Waals surface area contributed by atoms with E-state index < -0.39 is 0 Å². The van der Waals surface area contributed by atoms with Crippen LogP contribution in [0.5, 0.6) is 0 Å². The van der Waals surface area contributed by atoms with Crippen LogP contribution in [0.15, 0.2) is 24.3 Å². The maximum atomic E-state index is 10.5. The van der Waals surface area contributed by atoms with Gasteiger partial charge in [0.25, 0.3) is 0 Å². The summed E-state index contributed by atoms with van der Waals surface area (Å²) in [7, 11) is 0. The van der Waals surface area contributed by atoms with Crippen molar-refractivity contribution in [3.8, 4) is 0 Å². The van der Waals surface area contributed by atoms with Gasteiger partial charge in [-0.25, -0.2) is 0 Å². The largest absolute Gasteiger partial charge is 0.387 e. The molecule has 3 rings (SSSR count). The van der Waals surface area contributed by atoms with Gasteiger partial charge in [0.1, 0.15) is 0 Å². The second-order valence-corrected chi connectivity index (χ2v) is 7.44. The van der Waals surface area contributed by atoms with Crippen LogP contribution in [0.4, 0.5) is 0 Å². The van der Waals surface area contributed by atoms with Gasteiger partial charge in [0.05, 0.1) is 6.10 Å². The summed E-state index contributed by atoms with van der Waals surface area (Å²) in [5.74, 6) is 2.36. The van der Waals surface area contributed by atoms with Crippen LogP contribution in [-0.4, -0.2) is 29.6 Å². The lowest BCUT2D eigenvalue weighted by Gasteiger charge is -2.25. The highest BCUT2D eigenvalue weighted by molar-refractivity contribution is 5.26. The molecule has 116 valence electrons. The van der Waals surface area contributed by atoms with Crippen LogP contribution >= 0.6 is 0 Å². The Morgan fingerprint density at radius 1 is 0.952 bits per heavy atom. The summed E-state index contributed by atoms with van der Waals surface area (Å²) in [6.07, 6.45) is 5.21. The SMILES string of the molecule is CC(C)c1ccc(C(O)CN(CC2CC2)CC2CC2)cc1. The second-order valence-electron chi connectivity index (χ2n) is 7.44. The molecule has 0 heterocycles. The Bertz CT molecular complexity index is 431. The van der Waals surface area contributed by atoms with Crippen molar-refractivity contribution in [1.29, 1.82) is 0 Å². The Balaban J connectivity index is 1.57. The minimum atomic E-state index is -0.344. The maximum Gasteiger partial charge on any atom is 0.0916 e.